The third-order valence-corrected chi connectivity index (χ3v) is 4.39. The van der Waals surface area contributed by atoms with Gasteiger partial charge in [-0.05, 0) is 55.1 Å². The summed E-state index contributed by atoms with van der Waals surface area (Å²) < 4.78 is 1.73. The van der Waals surface area contributed by atoms with Gasteiger partial charge in [0.25, 0.3) is 5.91 Å². The van der Waals surface area contributed by atoms with Gasteiger partial charge in [0, 0.05) is 30.2 Å². The Morgan fingerprint density at radius 1 is 1.08 bits per heavy atom. The Morgan fingerprint density at radius 2 is 1.85 bits per heavy atom. The molecule has 0 fully saturated rings. The lowest BCUT2D eigenvalue weighted by Gasteiger charge is -2.18. The topological polar surface area (TPSA) is 50.2 Å². The van der Waals surface area contributed by atoms with Gasteiger partial charge in [-0.3, -0.25) is 9.69 Å². The van der Waals surface area contributed by atoms with E-state index in [2.05, 4.69) is 41.3 Å². The molecule has 5 nitrogen and oxygen atoms in total. The van der Waals surface area contributed by atoms with E-state index in [-0.39, 0.29) is 5.91 Å². The molecule has 134 valence electrons. The first-order valence-corrected chi connectivity index (χ1v) is 8.92. The fourth-order valence-corrected chi connectivity index (χ4v) is 2.81. The maximum Gasteiger partial charge on any atom is 0.255 e. The first-order valence-electron chi connectivity index (χ1n) is 8.92. The Labute approximate surface area is 154 Å². The third kappa shape index (κ3) is 4.37. The zero-order valence-corrected chi connectivity index (χ0v) is 15.2. The average Bonchev–Trinajstić information content (AvgIpc) is 3.22. The van der Waals surface area contributed by atoms with E-state index in [0.717, 1.165) is 31.0 Å². The second kappa shape index (κ2) is 8.45. The first-order chi connectivity index (χ1) is 12.7. The van der Waals surface area contributed by atoms with Crippen LogP contribution in [-0.4, -0.2) is 33.7 Å². The number of hydrogen-bond donors (Lipinski definition) is 1. The van der Waals surface area contributed by atoms with Gasteiger partial charge in [0.1, 0.15) is 0 Å². The van der Waals surface area contributed by atoms with Crippen LogP contribution in [0.5, 0.6) is 0 Å². The van der Waals surface area contributed by atoms with Crippen molar-refractivity contribution in [1.82, 2.24) is 14.7 Å². The molecule has 0 bridgehead atoms. The molecule has 0 saturated carbocycles. The standard InChI is InChI=1S/C21H24N4O/c1-3-24(4-2)16-17-9-11-19(12-10-17)23-21(26)18-7-5-8-20(15-18)25-14-6-13-22-25/h5-15H,3-4,16H2,1-2H3,(H,23,26). The maximum atomic E-state index is 12.5. The lowest BCUT2D eigenvalue weighted by atomic mass is 10.1. The van der Waals surface area contributed by atoms with Crippen molar-refractivity contribution < 1.29 is 4.79 Å². The summed E-state index contributed by atoms with van der Waals surface area (Å²) in [4.78, 5) is 14.9. The van der Waals surface area contributed by atoms with Crippen molar-refractivity contribution in [3.63, 3.8) is 0 Å². The summed E-state index contributed by atoms with van der Waals surface area (Å²) in [6, 6.07) is 17.3. The van der Waals surface area contributed by atoms with Crippen LogP contribution >= 0.6 is 0 Å². The van der Waals surface area contributed by atoms with Crippen LogP contribution in [0, 0.1) is 0 Å². The highest BCUT2D eigenvalue weighted by Gasteiger charge is 2.08. The van der Waals surface area contributed by atoms with Crippen LogP contribution in [0.4, 0.5) is 5.69 Å². The van der Waals surface area contributed by atoms with Gasteiger partial charge in [-0.15, -0.1) is 0 Å². The molecule has 0 atom stereocenters. The minimum absolute atomic E-state index is 0.129. The summed E-state index contributed by atoms with van der Waals surface area (Å²) in [7, 11) is 0. The Kier molecular flexibility index (Phi) is 5.81. The summed E-state index contributed by atoms with van der Waals surface area (Å²) in [5.41, 5.74) is 3.50. The number of benzene rings is 2. The molecule has 1 heterocycles. The minimum atomic E-state index is -0.129. The lowest BCUT2D eigenvalue weighted by molar-refractivity contribution is 0.102. The molecule has 0 aliphatic carbocycles. The molecular formula is C21H24N4O. The first kappa shape index (κ1) is 17.9. The van der Waals surface area contributed by atoms with Crippen molar-refractivity contribution in [2.24, 2.45) is 0 Å². The predicted molar refractivity (Wildman–Crippen MR) is 105 cm³/mol. The van der Waals surface area contributed by atoms with Crippen molar-refractivity contribution in [2.45, 2.75) is 20.4 Å². The number of nitrogens with one attached hydrogen (secondary N) is 1. The summed E-state index contributed by atoms with van der Waals surface area (Å²) in [5.74, 6) is -0.129. The molecule has 0 saturated heterocycles. The van der Waals surface area contributed by atoms with E-state index in [1.165, 1.54) is 5.56 Å². The molecule has 1 aromatic heterocycles. The molecule has 0 unspecified atom stereocenters. The highest BCUT2D eigenvalue weighted by Crippen LogP contribution is 2.15. The molecule has 0 radical (unpaired) electrons. The van der Waals surface area contributed by atoms with E-state index in [4.69, 9.17) is 0 Å². The molecule has 1 amide bonds. The van der Waals surface area contributed by atoms with Crippen LogP contribution < -0.4 is 5.32 Å². The predicted octanol–water partition coefficient (Wildman–Crippen LogP) is 3.97. The molecule has 0 spiro atoms. The van der Waals surface area contributed by atoms with Crippen LogP contribution in [0.1, 0.15) is 29.8 Å². The number of amides is 1. The Hall–Kier alpha value is -2.92. The van der Waals surface area contributed by atoms with Gasteiger partial charge in [0.15, 0.2) is 0 Å². The second-order valence-corrected chi connectivity index (χ2v) is 6.11. The third-order valence-electron chi connectivity index (χ3n) is 4.39. The summed E-state index contributed by atoms with van der Waals surface area (Å²) in [5, 5.41) is 7.16. The molecule has 0 aliphatic heterocycles. The van der Waals surface area contributed by atoms with Gasteiger partial charge in [-0.2, -0.15) is 5.10 Å². The molecule has 26 heavy (non-hydrogen) atoms. The Bertz CT molecular complexity index is 837. The maximum absolute atomic E-state index is 12.5. The largest absolute Gasteiger partial charge is 0.322 e. The van der Waals surface area contributed by atoms with E-state index in [9.17, 15) is 4.79 Å². The number of carbonyl (C=O) groups excluding carboxylic acids is 1. The number of carbonyl (C=O) groups is 1. The highest BCUT2D eigenvalue weighted by atomic mass is 16.1. The SMILES string of the molecule is CCN(CC)Cc1ccc(NC(=O)c2cccc(-n3cccn3)c2)cc1. The fourth-order valence-electron chi connectivity index (χ4n) is 2.81. The van der Waals surface area contributed by atoms with Crippen molar-refractivity contribution >= 4 is 11.6 Å². The van der Waals surface area contributed by atoms with Crippen LogP contribution in [0.2, 0.25) is 0 Å². The van der Waals surface area contributed by atoms with E-state index in [0.29, 0.717) is 5.56 Å². The summed E-state index contributed by atoms with van der Waals surface area (Å²) in [6.07, 6.45) is 3.57. The van der Waals surface area contributed by atoms with Crippen LogP contribution in [0.3, 0.4) is 0 Å². The molecule has 3 aromatic rings. The van der Waals surface area contributed by atoms with Gasteiger partial charge >= 0.3 is 0 Å². The Balaban J connectivity index is 1.67. The van der Waals surface area contributed by atoms with Gasteiger partial charge in [-0.1, -0.05) is 32.0 Å². The monoisotopic (exact) mass is 348 g/mol. The van der Waals surface area contributed by atoms with Gasteiger partial charge in [0.05, 0.1) is 5.69 Å². The smallest absolute Gasteiger partial charge is 0.255 e. The Morgan fingerprint density at radius 3 is 2.50 bits per heavy atom. The zero-order chi connectivity index (χ0) is 18.4. The summed E-state index contributed by atoms with van der Waals surface area (Å²) >= 11 is 0. The van der Waals surface area contributed by atoms with Crippen molar-refractivity contribution in [1.29, 1.82) is 0 Å². The number of aromatic nitrogens is 2. The number of hydrogen-bond acceptors (Lipinski definition) is 3. The van der Waals surface area contributed by atoms with Crippen molar-refractivity contribution in [3.8, 4) is 5.69 Å². The zero-order valence-electron chi connectivity index (χ0n) is 15.2. The quantitative estimate of drug-likeness (QED) is 0.703. The number of rotatable bonds is 7. The molecule has 5 heteroatoms. The number of anilines is 1. The van der Waals surface area contributed by atoms with Gasteiger partial charge in [0.2, 0.25) is 0 Å². The van der Waals surface area contributed by atoms with Gasteiger partial charge in [-0.25, -0.2) is 4.68 Å². The van der Waals surface area contributed by atoms with E-state index < -0.39 is 0 Å². The molecule has 1 N–H and O–H groups in total. The minimum Gasteiger partial charge on any atom is -0.322 e. The molecule has 3 rings (SSSR count). The average molecular weight is 348 g/mol. The second-order valence-electron chi connectivity index (χ2n) is 6.11. The van der Waals surface area contributed by atoms with Gasteiger partial charge < -0.3 is 5.32 Å². The van der Waals surface area contributed by atoms with E-state index in [1.807, 2.05) is 42.6 Å². The van der Waals surface area contributed by atoms with Crippen LogP contribution in [0.25, 0.3) is 5.69 Å². The normalized spacial score (nSPS) is 10.9. The molecular weight excluding hydrogens is 324 g/mol. The molecule has 0 aliphatic rings. The highest BCUT2D eigenvalue weighted by molar-refractivity contribution is 6.04. The van der Waals surface area contributed by atoms with E-state index in [1.54, 1.807) is 16.9 Å². The fraction of sp³-hybridized carbons (Fsp3) is 0.238. The van der Waals surface area contributed by atoms with Crippen molar-refractivity contribution in [3.05, 3.63) is 78.1 Å². The summed E-state index contributed by atoms with van der Waals surface area (Å²) in [6.45, 7) is 7.31. The van der Waals surface area contributed by atoms with Crippen LogP contribution in [0.15, 0.2) is 67.0 Å². The van der Waals surface area contributed by atoms with Crippen LogP contribution in [-0.2, 0) is 6.54 Å². The van der Waals surface area contributed by atoms with E-state index >= 15 is 0 Å². The van der Waals surface area contributed by atoms with Crippen molar-refractivity contribution in [2.75, 3.05) is 18.4 Å². The number of nitrogens with zero attached hydrogens (tertiary/aromatic N) is 3. The lowest BCUT2D eigenvalue weighted by Crippen LogP contribution is -2.22. The molecule has 2 aromatic carbocycles.